The van der Waals surface area contributed by atoms with Crippen LogP contribution in [0.1, 0.15) is 419 Å². The van der Waals surface area contributed by atoms with Crippen LogP contribution in [-0.2, 0) is 28.6 Å². The minimum Gasteiger partial charge on any atom is -0.462 e. The largest absolute Gasteiger partial charge is 0.462 e. The average Bonchev–Trinajstić information content (AvgIpc) is 3.46. The van der Waals surface area contributed by atoms with Crippen molar-refractivity contribution in [1.29, 1.82) is 0 Å². The van der Waals surface area contributed by atoms with Crippen LogP contribution in [0.5, 0.6) is 0 Å². The van der Waals surface area contributed by atoms with Crippen molar-refractivity contribution in [2.75, 3.05) is 13.2 Å². The monoisotopic (exact) mass is 1140 g/mol. The van der Waals surface area contributed by atoms with E-state index in [1.54, 1.807) is 0 Å². The fourth-order valence-electron chi connectivity index (χ4n) is 11.4. The van der Waals surface area contributed by atoms with Gasteiger partial charge in [0.15, 0.2) is 6.10 Å². The number of esters is 3. The van der Waals surface area contributed by atoms with E-state index in [1.165, 1.54) is 315 Å². The Labute approximate surface area is 506 Å². The van der Waals surface area contributed by atoms with Gasteiger partial charge in [0.25, 0.3) is 0 Å². The maximum absolute atomic E-state index is 13.0. The van der Waals surface area contributed by atoms with Crippen molar-refractivity contribution >= 4 is 17.9 Å². The van der Waals surface area contributed by atoms with Gasteiger partial charge < -0.3 is 14.2 Å². The zero-order chi connectivity index (χ0) is 58.5. The molecule has 6 heteroatoms. The van der Waals surface area contributed by atoms with E-state index in [4.69, 9.17) is 14.2 Å². The van der Waals surface area contributed by atoms with Crippen molar-refractivity contribution in [3.05, 3.63) is 24.3 Å². The second kappa shape index (κ2) is 70.4. The van der Waals surface area contributed by atoms with Crippen LogP contribution in [0, 0.1) is 0 Å². The molecule has 0 aliphatic heterocycles. The summed E-state index contributed by atoms with van der Waals surface area (Å²) in [5.41, 5.74) is 0. The van der Waals surface area contributed by atoms with E-state index in [9.17, 15) is 14.4 Å². The van der Waals surface area contributed by atoms with E-state index in [2.05, 4.69) is 45.1 Å². The van der Waals surface area contributed by atoms with Crippen molar-refractivity contribution in [2.24, 2.45) is 0 Å². The Balaban J connectivity index is 4.17. The highest BCUT2D eigenvalue weighted by Gasteiger charge is 2.20. The van der Waals surface area contributed by atoms with Crippen LogP contribution < -0.4 is 0 Å². The predicted octanol–water partition coefficient (Wildman–Crippen LogP) is 25.3. The Morgan fingerprint density at radius 3 is 0.630 bits per heavy atom. The summed E-state index contributed by atoms with van der Waals surface area (Å²) in [7, 11) is 0. The number of carbonyl (C=O) groups excluding carboxylic acids is 3. The van der Waals surface area contributed by atoms with Crippen LogP contribution >= 0.6 is 0 Å². The third kappa shape index (κ3) is 68.6. The van der Waals surface area contributed by atoms with Crippen LogP contribution in [0.2, 0.25) is 0 Å². The van der Waals surface area contributed by atoms with Crippen LogP contribution in [0.4, 0.5) is 0 Å². The first-order chi connectivity index (χ1) is 40.0. The quantitative estimate of drug-likeness (QED) is 0.0261. The standard InChI is InChI=1S/C75H142O6/c1-4-7-10-13-16-19-22-25-27-29-31-33-34-35-36-37-38-39-40-42-43-45-47-50-53-56-59-62-65-68-74(77)80-71-72(70-79-73(76)67-64-61-58-55-52-49-24-21-18-15-12-9-6-3)81-75(78)69-66-63-60-57-54-51-48-46-44-41-32-30-28-26-23-20-17-14-11-8-5-2/h21,24,29,31,72H,4-20,22-23,25-28,30,32-71H2,1-3H3/b24-21-,31-29-. The highest BCUT2D eigenvalue weighted by molar-refractivity contribution is 5.71. The highest BCUT2D eigenvalue weighted by atomic mass is 16.6. The molecule has 478 valence electrons. The van der Waals surface area contributed by atoms with Crippen LogP contribution in [0.25, 0.3) is 0 Å². The van der Waals surface area contributed by atoms with Gasteiger partial charge in [-0.3, -0.25) is 14.4 Å². The first-order valence-electron chi connectivity index (χ1n) is 36.8. The van der Waals surface area contributed by atoms with Crippen LogP contribution in [0.3, 0.4) is 0 Å². The van der Waals surface area contributed by atoms with E-state index in [0.29, 0.717) is 19.3 Å². The summed E-state index contributed by atoms with van der Waals surface area (Å²) < 4.78 is 17.0. The van der Waals surface area contributed by atoms with E-state index < -0.39 is 6.10 Å². The van der Waals surface area contributed by atoms with Crippen molar-refractivity contribution in [3.8, 4) is 0 Å². The second-order valence-electron chi connectivity index (χ2n) is 25.2. The Morgan fingerprint density at radius 1 is 0.235 bits per heavy atom. The van der Waals surface area contributed by atoms with Crippen LogP contribution in [-0.4, -0.2) is 37.2 Å². The maximum Gasteiger partial charge on any atom is 0.306 e. The van der Waals surface area contributed by atoms with E-state index in [-0.39, 0.29) is 31.1 Å². The van der Waals surface area contributed by atoms with E-state index in [0.717, 1.165) is 64.2 Å². The lowest BCUT2D eigenvalue weighted by molar-refractivity contribution is -0.167. The average molecular weight is 1140 g/mol. The van der Waals surface area contributed by atoms with Gasteiger partial charge in [0.05, 0.1) is 0 Å². The molecule has 0 saturated heterocycles. The normalized spacial score (nSPS) is 12.1. The van der Waals surface area contributed by atoms with Gasteiger partial charge in [0, 0.05) is 19.3 Å². The van der Waals surface area contributed by atoms with Crippen molar-refractivity contribution in [3.63, 3.8) is 0 Å². The van der Waals surface area contributed by atoms with Gasteiger partial charge in [-0.25, -0.2) is 0 Å². The third-order valence-electron chi connectivity index (χ3n) is 16.9. The van der Waals surface area contributed by atoms with Crippen LogP contribution in [0.15, 0.2) is 24.3 Å². The SMILES string of the molecule is CCCCCC/C=C\CCCCCCCC(=O)OCC(COC(=O)CCCCCCCCCCCCCCCCCCC/C=C\CCCCCCCCCC)OC(=O)CCCCCCCCCCCCCCCCCCCCCCC. The zero-order valence-electron chi connectivity index (χ0n) is 55.1. The predicted molar refractivity (Wildman–Crippen MR) is 353 cm³/mol. The van der Waals surface area contributed by atoms with E-state index >= 15 is 0 Å². The summed E-state index contributed by atoms with van der Waals surface area (Å²) in [5.74, 6) is -0.843. The Kier molecular flexibility index (Phi) is 68.5. The molecule has 0 radical (unpaired) electrons. The lowest BCUT2D eigenvalue weighted by Crippen LogP contribution is -2.30. The van der Waals surface area contributed by atoms with Crippen molar-refractivity contribution < 1.29 is 28.6 Å². The summed E-state index contributed by atoms with van der Waals surface area (Å²) in [6.45, 7) is 6.70. The summed E-state index contributed by atoms with van der Waals surface area (Å²) in [5, 5.41) is 0. The first-order valence-corrected chi connectivity index (χ1v) is 36.8. The molecule has 0 aliphatic carbocycles. The molecule has 0 amide bonds. The molecule has 81 heavy (non-hydrogen) atoms. The second-order valence-corrected chi connectivity index (χ2v) is 25.2. The molecular formula is C75H142O6. The summed E-state index contributed by atoms with van der Waals surface area (Å²) in [6.07, 6.45) is 86.5. The minimum atomic E-state index is -0.772. The zero-order valence-corrected chi connectivity index (χ0v) is 55.1. The molecule has 0 aromatic heterocycles. The van der Waals surface area contributed by atoms with Crippen molar-refractivity contribution in [1.82, 2.24) is 0 Å². The molecule has 0 aromatic rings. The third-order valence-corrected chi connectivity index (χ3v) is 16.9. The molecule has 0 saturated carbocycles. The molecule has 0 rings (SSSR count). The molecule has 0 aromatic carbocycles. The minimum absolute atomic E-state index is 0.0674. The number of rotatable bonds is 69. The van der Waals surface area contributed by atoms with Crippen molar-refractivity contribution in [2.45, 2.75) is 425 Å². The summed E-state index contributed by atoms with van der Waals surface area (Å²) >= 11 is 0. The van der Waals surface area contributed by atoms with Gasteiger partial charge >= 0.3 is 17.9 Å². The molecule has 1 atom stereocenters. The van der Waals surface area contributed by atoms with Gasteiger partial charge in [0.2, 0.25) is 0 Å². The van der Waals surface area contributed by atoms with E-state index in [1.807, 2.05) is 0 Å². The number of ether oxygens (including phenoxy) is 3. The van der Waals surface area contributed by atoms with Gasteiger partial charge in [-0.15, -0.1) is 0 Å². The van der Waals surface area contributed by atoms with Gasteiger partial charge in [0.1, 0.15) is 13.2 Å². The highest BCUT2D eigenvalue weighted by Crippen LogP contribution is 2.19. The molecule has 0 N–H and O–H groups in total. The fourth-order valence-corrected chi connectivity index (χ4v) is 11.4. The summed E-state index contributed by atoms with van der Waals surface area (Å²) in [4.78, 5) is 38.4. The molecule has 0 aliphatic rings. The first kappa shape index (κ1) is 78.9. The molecule has 1 unspecified atom stereocenters. The smallest absolute Gasteiger partial charge is 0.306 e. The molecular weight excluding hydrogens is 997 g/mol. The number of hydrogen-bond acceptors (Lipinski definition) is 6. The number of unbranched alkanes of at least 4 members (excludes halogenated alkanes) is 54. The fraction of sp³-hybridized carbons (Fsp3) is 0.907. The summed E-state index contributed by atoms with van der Waals surface area (Å²) in [6, 6.07) is 0. The lowest BCUT2D eigenvalue weighted by atomic mass is 10.0. The molecule has 6 nitrogen and oxygen atoms in total. The Hall–Kier alpha value is -2.11. The maximum atomic E-state index is 13.0. The van der Waals surface area contributed by atoms with Gasteiger partial charge in [-0.05, 0) is 70.6 Å². The van der Waals surface area contributed by atoms with Gasteiger partial charge in [-0.2, -0.15) is 0 Å². The molecule has 0 bridgehead atoms. The Morgan fingerprint density at radius 2 is 0.407 bits per heavy atom. The number of hydrogen-bond donors (Lipinski definition) is 0. The molecule has 0 fully saturated rings. The van der Waals surface area contributed by atoms with Gasteiger partial charge in [-0.1, -0.05) is 353 Å². The Bertz CT molecular complexity index is 1310. The molecule has 0 spiro atoms. The molecule has 0 heterocycles. The number of carbonyl (C=O) groups is 3. The topological polar surface area (TPSA) is 78.9 Å². The number of allylic oxidation sites excluding steroid dienone is 4. The lowest BCUT2D eigenvalue weighted by Gasteiger charge is -2.18.